The second-order valence-corrected chi connectivity index (χ2v) is 8.24. The number of hydrogen-bond donors (Lipinski definition) is 1. The molecule has 0 aromatic heterocycles. The molecule has 2 aromatic rings. The molecule has 0 spiro atoms. The number of sulfone groups is 1. The van der Waals surface area contributed by atoms with Crippen molar-refractivity contribution >= 4 is 21.4 Å². The fraction of sp³-hybridized carbons (Fsp3) is 0.278. The molecule has 1 amide bonds. The predicted octanol–water partition coefficient (Wildman–Crippen LogP) is 2.99. The van der Waals surface area contributed by atoms with Gasteiger partial charge in [-0.15, -0.1) is 8.78 Å². The number of ether oxygens (including phenoxy) is 2. The lowest BCUT2D eigenvalue weighted by Crippen LogP contribution is -2.26. The molecule has 0 fully saturated rings. The Morgan fingerprint density at radius 2 is 1.74 bits per heavy atom. The van der Waals surface area contributed by atoms with Crippen LogP contribution in [0.15, 0.2) is 48.5 Å². The number of carbonyl (C=O) groups is 1. The summed E-state index contributed by atoms with van der Waals surface area (Å²) in [6, 6.07) is 13.1. The summed E-state index contributed by atoms with van der Waals surface area (Å²) in [6.45, 7) is 0. The van der Waals surface area contributed by atoms with Crippen molar-refractivity contribution in [2.24, 2.45) is 0 Å². The molecule has 2 aromatic carbocycles. The Morgan fingerprint density at radius 3 is 2.48 bits per heavy atom. The second-order valence-electron chi connectivity index (χ2n) is 6.06. The number of rotatable bonds is 7. The van der Waals surface area contributed by atoms with Crippen LogP contribution in [0.1, 0.15) is 12.0 Å². The zero-order valence-electron chi connectivity index (χ0n) is 14.2. The molecular formula is C18H17F2NO5S. The minimum Gasteiger partial charge on any atom is -0.395 e. The number of aryl methyl sites for hydroxylation is 1. The van der Waals surface area contributed by atoms with Gasteiger partial charge in [-0.05, 0) is 30.5 Å². The Morgan fingerprint density at radius 1 is 1.04 bits per heavy atom. The summed E-state index contributed by atoms with van der Waals surface area (Å²) >= 11 is 0. The molecule has 0 saturated carbocycles. The van der Waals surface area contributed by atoms with E-state index in [2.05, 4.69) is 14.8 Å². The maximum absolute atomic E-state index is 13.0. The molecule has 27 heavy (non-hydrogen) atoms. The second kappa shape index (κ2) is 7.51. The summed E-state index contributed by atoms with van der Waals surface area (Å²) in [4.78, 5) is 12.0. The zero-order chi connectivity index (χ0) is 19.5. The first-order chi connectivity index (χ1) is 12.7. The molecule has 1 aliphatic heterocycles. The Kier molecular flexibility index (Phi) is 5.31. The predicted molar refractivity (Wildman–Crippen MR) is 94.7 cm³/mol. The van der Waals surface area contributed by atoms with Gasteiger partial charge in [-0.1, -0.05) is 30.3 Å². The van der Waals surface area contributed by atoms with Gasteiger partial charge in [0.15, 0.2) is 21.3 Å². The summed E-state index contributed by atoms with van der Waals surface area (Å²) in [7, 11) is -3.59. The van der Waals surface area contributed by atoms with Gasteiger partial charge in [0, 0.05) is 11.8 Å². The minimum absolute atomic E-state index is 0.122. The van der Waals surface area contributed by atoms with Crippen LogP contribution in [0.2, 0.25) is 0 Å². The van der Waals surface area contributed by atoms with E-state index in [9.17, 15) is 22.0 Å². The lowest BCUT2D eigenvalue weighted by atomic mass is 10.1. The highest BCUT2D eigenvalue weighted by atomic mass is 32.2. The van der Waals surface area contributed by atoms with Crippen LogP contribution in [0.3, 0.4) is 0 Å². The van der Waals surface area contributed by atoms with E-state index in [0.717, 1.165) is 11.6 Å². The molecule has 0 aliphatic carbocycles. The van der Waals surface area contributed by atoms with Crippen LogP contribution in [0.25, 0.3) is 0 Å². The van der Waals surface area contributed by atoms with Crippen molar-refractivity contribution in [1.82, 2.24) is 0 Å². The molecular weight excluding hydrogens is 380 g/mol. The van der Waals surface area contributed by atoms with Gasteiger partial charge < -0.3 is 14.8 Å². The molecule has 144 valence electrons. The summed E-state index contributed by atoms with van der Waals surface area (Å²) in [5.74, 6) is -1.95. The lowest BCUT2D eigenvalue weighted by Gasteiger charge is -2.07. The van der Waals surface area contributed by atoms with Crippen molar-refractivity contribution in [1.29, 1.82) is 0 Å². The van der Waals surface area contributed by atoms with Gasteiger partial charge >= 0.3 is 6.29 Å². The third kappa shape index (κ3) is 5.40. The van der Waals surface area contributed by atoms with E-state index in [0.29, 0.717) is 12.8 Å². The molecule has 0 saturated heterocycles. The maximum Gasteiger partial charge on any atom is 0.586 e. The largest absolute Gasteiger partial charge is 0.586 e. The Labute approximate surface area is 155 Å². The van der Waals surface area contributed by atoms with Crippen molar-refractivity contribution in [3.63, 3.8) is 0 Å². The van der Waals surface area contributed by atoms with Crippen LogP contribution >= 0.6 is 0 Å². The highest BCUT2D eigenvalue weighted by molar-refractivity contribution is 7.92. The van der Waals surface area contributed by atoms with Gasteiger partial charge in [0.1, 0.15) is 5.75 Å². The summed E-state index contributed by atoms with van der Waals surface area (Å²) < 4.78 is 58.7. The van der Waals surface area contributed by atoms with Crippen molar-refractivity contribution < 1.29 is 31.5 Å². The van der Waals surface area contributed by atoms with E-state index in [1.807, 2.05) is 30.3 Å². The SMILES string of the molecule is O=C(CS(=O)(=O)CCCc1ccccc1)Nc1ccc2c(c1)OC(F)(F)O2. The van der Waals surface area contributed by atoms with Crippen LogP contribution in [0, 0.1) is 0 Å². The average molecular weight is 397 g/mol. The van der Waals surface area contributed by atoms with Gasteiger partial charge in [-0.2, -0.15) is 0 Å². The number of benzene rings is 2. The smallest absolute Gasteiger partial charge is 0.395 e. The van der Waals surface area contributed by atoms with Crippen molar-refractivity contribution in [2.45, 2.75) is 19.1 Å². The normalized spacial score (nSPS) is 14.7. The summed E-state index contributed by atoms with van der Waals surface area (Å²) in [6.07, 6.45) is -2.76. The molecule has 0 atom stereocenters. The number of alkyl halides is 2. The third-order valence-corrected chi connectivity index (χ3v) is 5.41. The molecule has 3 rings (SSSR count). The fourth-order valence-corrected chi connectivity index (χ4v) is 3.84. The average Bonchev–Trinajstić information content (AvgIpc) is 2.88. The zero-order valence-corrected chi connectivity index (χ0v) is 15.0. The molecule has 0 radical (unpaired) electrons. The van der Waals surface area contributed by atoms with Gasteiger partial charge in [-0.25, -0.2) is 8.42 Å². The first-order valence-electron chi connectivity index (χ1n) is 8.17. The topological polar surface area (TPSA) is 81.7 Å². The number of hydrogen-bond acceptors (Lipinski definition) is 5. The summed E-state index contributed by atoms with van der Waals surface area (Å²) in [5, 5.41) is 2.36. The van der Waals surface area contributed by atoms with Crippen molar-refractivity contribution in [3.05, 3.63) is 54.1 Å². The highest BCUT2D eigenvalue weighted by Gasteiger charge is 2.43. The molecule has 9 heteroatoms. The van der Waals surface area contributed by atoms with Crippen molar-refractivity contribution in [3.8, 4) is 11.5 Å². The number of fused-ring (bicyclic) bond motifs is 1. The van der Waals surface area contributed by atoms with Crippen LogP contribution in [-0.2, 0) is 21.1 Å². The Hall–Kier alpha value is -2.68. The highest BCUT2D eigenvalue weighted by Crippen LogP contribution is 2.42. The van der Waals surface area contributed by atoms with E-state index in [1.54, 1.807) is 0 Å². The number of anilines is 1. The van der Waals surface area contributed by atoms with E-state index < -0.39 is 27.8 Å². The molecule has 1 N–H and O–H groups in total. The minimum atomic E-state index is -3.76. The van der Waals surface area contributed by atoms with Crippen LogP contribution in [-0.4, -0.2) is 32.1 Å². The first kappa shape index (κ1) is 19.1. The molecule has 0 bridgehead atoms. The van der Waals surface area contributed by atoms with Crippen LogP contribution in [0.4, 0.5) is 14.5 Å². The van der Waals surface area contributed by atoms with Crippen LogP contribution in [0.5, 0.6) is 11.5 Å². The quantitative estimate of drug-likeness (QED) is 0.777. The number of carbonyl (C=O) groups excluding carboxylic acids is 1. The number of amides is 1. The van der Waals surface area contributed by atoms with Crippen molar-refractivity contribution in [2.75, 3.05) is 16.8 Å². The van der Waals surface area contributed by atoms with Gasteiger partial charge in [0.2, 0.25) is 5.91 Å². The molecule has 6 nitrogen and oxygen atoms in total. The van der Waals surface area contributed by atoms with E-state index in [-0.39, 0.29) is 22.9 Å². The molecule has 1 aliphatic rings. The fourth-order valence-electron chi connectivity index (χ4n) is 2.64. The monoisotopic (exact) mass is 397 g/mol. The number of halogens is 2. The van der Waals surface area contributed by atoms with E-state index in [1.165, 1.54) is 12.1 Å². The van der Waals surface area contributed by atoms with Gasteiger partial charge in [-0.3, -0.25) is 4.79 Å². The number of nitrogens with one attached hydrogen (secondary N) is 1. The Bertz CT molecular complexity index is 932. The van der Waals surface area contributed by atoms with Gasteiger partial charge in [0.05, 0.1) is 5.75 Å². The van der Waals surface area contributed by atoms with Gasteiger partial charge in [0.25, 0.3) is 0 Å². The lowest BCUT2D eigenvalue weighted by molar-refractivity contribution is -0.286. The standard InChI is InChI=1S/C18H17F2NO5S/c19-18(20)25-15-9-8-14(11-16(15)26-18)21-17(22)12-27(23,24)10-4-7-13-5-2-1-3-6-13/h1-3,5-6,8-9,11H,4,7,10,12H2,(H,21,22). The van der Waals surface area contributed by atoms with Crippen LogP contribution < -0.4 is 14.8 Å². The molecule has 1 heterocycles. The Balaban J connectivity index is 1.51. The third-order valence-electron chi connectivity index (χ3n) is 3.80. The van der Waals surface area contributed by atoms with E-state index in [4.69, 9.17) is 0 Å². The molecule has 0 unspecified atom stereocenters. The summed E-state index contributed by atoms with van der Waals surface area (Å²) in [5.41, 5.74) is 1.16. The van der Waals surface area contributed by atoms with E-state index >= 15 is 0 Å². The maximum atomic E-state index is 13.0. The first-order valence-corrected chi connectivity index (χ1v) is 9.99.